The normalized spacial score (nSPS) is 22.5. The van der Waals surface area contributed by atoms with E-state index in [4.69, 9.17) is 5.73 Å². The molecule has 0 atom stereocenters. The maximum Gasteiger partial charge on any atom is 0.221 e. The molecule has 1 aliphatic rings. The second-order valence-electron chi connectivity index (χ2n) is 5.21. The van der Waals surface area contributed by atoms with Gasteiger partial charge in [-0.05, 0) is 37.8 Å². The lowest BCUT2D eigenvalue weighted by Crippen LogP contribution is -2.40. The summed E-state index contributed by atoms with van der Waals surface area (Å²) in [6, 6.07) is 7.20. The summed E-state index contributed by atoms with van der Waals surface area (Å²) in [4.78, 5) is 12.4. The fraction of sp³-hybridized carbons (Fsp3) is 0.533. The van der Waals surface area contributed by atoms with Gasteiger partial charge in [-0.1, -0.05) is 12.1 Å². The SMILES string of the molecule is NC1CCC(NC(=O)CCSc2ccccc2F)CC1. The molecule has 0 saturated heterocycles. The second-order valence-corrected chi connectivity index (χ2v) is 6.34. The van der Waals surface area contributed by atoms with E-state index in [1.54, 1.807) is 18.2 Å². The Balaban J connectivity index is 1.67. The van der Waals surface area contributed by atoms with Gasteiger partial charge in [0.25, 0.3) is 0 Å². The van der Waals surface area contributed by atoms with Crippen LogP contribution in [0.15, 0.2) is 29.2 Å². The minimum atomic E-state index is -0.223. The number of hydrogen-bond acceptors (Lipinski definition) is 3. The zero-order valence-corrected chi connectivity index (χ0v) is 12.3. The van der Waals surface area contributed by atoms with Gasteiger partial charge in [-0.15, -0.1) is 11.8 Å². The number of halogens is 1. The van der Waals surface area contributed by atoms with Crippen LogP contribution in [0.5, 0.6) is 0 Å². The predicted octanol–water partition coefficient (Wildman–Crippen LogP) is 2.69. The predicted molar refractivity (Wildman–Crippen MR) is 80.1 cm³/mol. The Morgan fingerprint density at radius 1 is 1.30 bits per heavy atom. The molecule has 0 heterocycles. The quantitative estimate of drug-likeness (QED) is 0.821. The van der Waals surface area contributed by atoms with E-state index in [0.29, 0.717) is 23.1 Å². The van der Waals surface area contributed by atoms with Crippen molar-refractivity contribution in [2.45, 2.75) is 49.1 Å². The number of rotatable bonds is 5. The van der Waals surface area contributed by atoms with Gasteiger partial charge in [0.2, 0.25) is 5.91 Å². The van der Waals surface area contributed by atoms with Crippen molar-refractivity contribution in [3.8, 4) is 0 Å². The van der Waals surface area contributed by atoms with Gasteiger partial charge >= 0.3 is 0 Å². The molecule has 0 unspecified atom stereocenters. The third-order valence-corrected chi connectivity index (χ3v) is 4.61. The molecule has 0 bridgehead atoms. The van der Waals surface area contributed by atoms with Crippen LogP contribution in [0.25, 0.3) is 0 Å². The summed E-state index contributed by atoms with van der Waals surface area (Å²) in [6.07, 6.45) is 4.31. The van der Waals surface area contributed by atoms with E-state index in [1.807, 2.05) is 0 Å². The van der Waals surface area contributed by atoms with Crippen LogP contribution >= 0.6 is 11.8 Å². The van der Waals surface area contributed by atoms with Crippen molar-refractivity contribution >= 4 is 17.7 Å². The summed E-state index contributed by atoms with van der Waals surface area (Å²) in [5.74, 6) is 0.424. The van der Waals surface area contributed by atoms with Gasteiger partial charge in [-0.2, -0.15) is 0 Å². The van der Waals surface area contributed by atoms with E-state index >= 15 is 0 Å². The minimum Gasteiger partial charge on any atom is -0.353 e. The van der Waals surface area contributed by atoms with Crippen molar-refractivity contribution in [3.05, 3.63) is 30.1 Å². The molecule has 1 aromatic rings. The van der Waals surface area contributed by atoms with Crippen LogP contribution in [0.1, 0.15) is 32.1 Å². The number of thioether (sulfide) groups is 1. The van der Waals surface area contributed by atoms with Crippen LogP contribution in [-0.4, -0.2) is 23.7 Å². The van der Waals surface area contributed by atoms with Gasteiger partial charge in [0.1, 0.15) is 5.82 Å². The van der Waals surface area contributed by atoms with E-state index in [1.165, 1.54) is 17.8 Å². The average molecular weight is 296 g/mol. The maximum absolute atomic E-state index is 13.4. The molecule has 2 rings (SSSR count). The van der Waals surface area contributed by atoms with Gasteiger partial charge in [0.15, 0.2) is 0 Å². The first-order valence-electron chi connectivity index (χ1n) is 7.07. The summed E-state index contributed by atoms with van der Waals surface area (Å²) in [5, 5.41) is 3.04. The molecule has 3 N–H and O–H groups in total. The fourth-order valence-corrected chi connectivity index (χ4v) is 3.27. The van der Waals surface area contributed by atoms with Crippen molar-refractivity contribution < 1.29 is 9.18 Å². The first kappa shape index (κ1) is 15.3. The molecule has 0 spiro atoms. The van der Waals surface area contributed by atoms with Crippen molar-refractivity contribution in [1.82, 2.24) is 5.32 Å². The third kappa shape index (κ3) is 4.80. The molecule has 3 nitrogen and oxygen atoms in total. The van der Waals surface area contributed by atoms with Crippen LogP contribution in [0.3, 0.4) is 0 Å². The highest BCUT2D eigenvalue weighted by Gasteiger charge is 2.19. The van der Waals surface area contributed by atoms with Gasteiger partial charge in [0.05, 0.1) is 0 Å². The Kier molecular flexibility index (Phi) is 5.86. The fourth-order valence-electron chi connectivity index (χ4n) is 2.38. The maximum atomic E-state index is 13.4. The lowest BCUT2D eigenvalue weighted by Gasteiger charge is -2.26. The first-order valence-corrected chi connectivity index (χ1v) is 8.06. The first-order chi connectivity index (χ1) is 9.65. The number of nitrogens with two attached hydrogens (primary N) is 1. The standard InChI is InChI=1S/C15H21FN2OS/c16-13-3-1-2-4-14(13)20-10-9-15(19)18-12-7-5-11(17)6-8-12/h1-4,11-12H,5-10,17H2,(H,18,19). The van der Waals surface area contributed by atoms with E-state index in [-0.39, 0.29) is 17.8 Å². The van der Waals surface area contributed by atoms with Gasteiger partial charge in [0, 0.05) is 29.2 Å². The minimum absolute atomic E-state index is 0.0503. The molecule has 0 aliphatic heterocycles. The van der Waals surface area contributed by atoms with Crippen molar-refractivity contribution in [2.24, 2.45) is 5.73 Å². The largest absolute Gasteiger partial charge is 0.353 e. The molecule has 110 valence electrons. The van der Waals surface area contributed by atoms with Gasteiger partial charge in [-0.3, -0.25) is 4.79 Å². The summed E-state index contributed by atoms with van der Waals surface area (Å²) in [6.45, 7) is 0. The van der Waals surface area contributed by atoms with Crippen LogP contribution in [0.4, 0.5) is 4.39 Å². The lowest BCUT2D eigenvalue weighted by atomic mass is 9.92. The smallest absolute Gasteiger partial charge is 0.221 e. The van der Waals surface area contributed by atoms with Gasteiger partial charge < -0.3 is 11.1 Å². The Hall–Kier alpha value is -1.07. The van der Waals surface area contributed by atoms with Crippen molar-refractivity contribution in [3.63, 3.8) is 0 Å². The van der Waals surface area contributed by atoms with Crippen LogP contribution in [0.2, 0.25) is 0 Å². The monoisotopic (exact) mass is 296 g/mol. The molecule has 1 aliphatic carbocycles. The number of amides is 1. The molecule has 0 aromatic heterocycles. The highest BCUT2D eigenvalue weighted by atomic mass is 32.2. The molecule has 1 aromatic carbocycles. The molecule has 20 heavy (non-hydrogen) atoms. The summed E-state index contributed by atoms with van der Waals surface area (Å²) >= 11 is 1.38. The van der Waals surface area contributed by atoms with E-state index < -0.39 is 0 Å². The Morgan fingerprint density at radius 3 is 2.70 bits per heavy atom. The van der Waals surface area contributed by atoms with E-state index in [2.05, 4.69) is 5.32 Å². The van der Waals surface area contributed by atoms with Crippen molar-refractivity contribution in [2.75, 3.05) is 5.75 Å². The molecule has 5 heteroatoms. The van der Waals surface area contributed by atoms with Gasteiger partial charge in [-0.25, -0.2) is 4.39 Å². The zero-order valence-electron chi connectivity index (χ0n) is 11.5. The number of hydrogen-bond donors (Lipinski definition) is 2. The van der Waals surface area contributed by atoms with Crippen molar-refractivity contribution in [1.29, 1.82) is 0 Å². The van der Waals surface area contributed by atoms with Crippen LogP contribution in [-0.2, 0) is 4.79 Å². The second kappa shape index (κ2) is 7.64. The zero-order chi connectivity index (χ0) is 14.4. The highest BCUT2D eigenvalue weighted by molar-refractivity contribution is 7.99. The number of carbonyl (C=O) groups is 1. The number of benzene rings is 1. The Bertz CT molecular complexity index is 447. The molecule has 0 radical (unpaired) electrons. The van der Waals surface area contributed by atoms with E-state index in [9.17, 15) is 9.18 Å². The molecular formula is C15H21FN2OS. The summed E-state index contributed by atoms with van der Waals surface area (Å²) in [5.41, 5.74) is 5.83. The molecule has 1 saturated carbocycles. The Labute approximate surface area is 123 Å². The lowest BCUT2D eigenvalue weighted by molar-refractivity contribution is -0.121. The number of carbonyl (C=O) groups excluding carboxylic acids is 1. The molecule has 1 fully saturated rings. The topological polar surface area (TPSA) is 55.1 Å². The van der Waals surface area contributed by atoms with Crippen LogP contribution < -0.4 is 11.1 Å². The average Bonchev–Trinajstić information content (AvgIpc) is 2.43. The summed E-state index contributed by atoms with van der Waals surface area (Å²) < 4.78 is 13.4. The number of nitrogens with one attached hydrogen (secondary N) is 1. The van der Waals surface area contributed by atoms with E-state index in [0.717, 1.165) is 25.7 Å². The Morgan fingerprint density at radius 2 is 2.00 bits per heavy atom. The third-order valence-electron chi connectivity index (χ3n) is 3.56. The summed E-state index contributed by atoms with van der Waals surface area (Å²) in [7, 11) is 0. The van der Waals surface area contributed by atoms with Crippen LogP contribution in [0, 0.1) is 5.82 Å². The highest BCUT2D eigenvalue weighted by Crippen LogP contribution is 2.22. The molecular weight excluding hydrogens is 275 g/mol. The molecule has 1 amide bonds.